The molecule has 0 atom stereocenters. The van der Waals surface area contributed by atoms with Crippen molar-refractivity contribution in [2.24, 2.45) is 23.4 Å². The quantitative estimate of drug-likeness (QED) is 0.0133. The highest BCUT2D eigenvalue weighted by Gasteiger charge is 2.15. The Morgan fingerprint density at radius 1 is 0.362 bits per heavy atom. The number of rotatable bonds is 30. The zero-order valence-electron chi connectivity index (χ0n) is 39.7. The topological polar surface area (TPSA) is 377 Å². The molecular formula is C47H76N12O10. The van der Waals surface area contributed by atoms with Gasteiger partial charge in [0.25, 0.3) is 11.8 Å². The maximum absolute atomic E-state index is 11.8. The number of amides is 8. The number of unbranched alkanes of at least 4 members (excludes halogenated alkanes) is 14. The van der Waals surface area contributed by atoms with Crippen LogP contribution in [0.3, 0.4) is 0 Å². The van der Waals surface area contributed by atoms with Crippen molar-refractivity contribution in [1.29, 1.82) is 0 Å². The monoisotopic (exact) mass is 969 g/mol. The van der Waals surface area contributed by atoms with E-state index in [4.69, 9.17) is 23.4 Å². The number of aromatic hydroxyl groups is 2. The van der Waals surface area contributed by atoms with Gasteiger partial charge in [0.2, 0.25) is 35.4 Å². The number of nitrogens with two attached hydrogens (primary N) is 4. The molecule has 0 aliphatic rings. The minimum atomic E-state index is -0.854. The van der Waals surface area contributed by atoms with E-state index in [0.29, 0.717) is 25.7 Å². The smallest absolute Gasteiger partial charge is 0.273 e. The molecule has 0 spiro atoms. The first-order chi connectivity index (χ1) is 33.3. The molecule has 0 saturated heterocycles. The average Bonchev–Trinajstić information content (AvgIpc) is 3.35. The van der Waals surface area contributed by atoms with E-state index in [1.807, 2.05) is 21.7 Å². The molecule has 2 aromatic carbocycles. The van der Waals surface area contributed by atoms with Crippen LogP contribution in [0.4, 0.5) is 0 Å². The van der Waals surface area contributed by atoms with Crippen LogP contribution in [-0.2, 0) is 28.8 Å². The van der Waals surface area contributed by atoms with Crippen molar-refractivity contribution in [2.45, 2.75) is 148 Å². The summed E-state index contributed by atoms with van der Waals surface area (Å²) in [5.74, 6) is 15.8. The Kier molecular flexibility index (Phi) is 38.2. The predicted octanol–water partition coefficient (Wildman–Crippen LogP) is 3.34. The van der Waals surface area contributed by atoms with E-state index in [-0.39, 0.29) is 46.3 Å². The number of benzene rings is 2. The third kappa shape index (κ3) is 35.9. The number of nitrogens with one attached hydrogen (secondary N) is 8. The molecule has 0 heterocycles. The lowest BCUT2D eigenvalue weighted by molar-refractivity contribution is -0.130. The van der Waals surface area contributed by atoms with Gasteiger partial charge in [0, 0.05) is 25.7 Å². The molecule has 0 bridgehead atoms. The Hall–Kier alpha value is -6.88. The number of carbonyl (C=O) groups excluding carboxylic acids is 8. The molecule has 0 aliphatic carbocycles. The van der Waals surface area contributed by atoms with Gasteiger partial charge in [-0.3, -0.25) is 81.8 Å². The summed E-state index contributed by atoms with van der Waals surface area (Å²) in [6.07, 6.45) is 29.5. The second-order valence-electron chi connectivity index (χ2n) is 15.5. The van der Waals surface area contributed by atoms with Crippen LogP contribution in [-0.4, -0.2) is 57.5 Å². The molecule has 2 rings (SSSR count). The molecule has 0 fully saturated rings. The Morgan fingerprint density at radius 2 is 0.638 bits per heavy atom. The van der Waals surface area contributed by atoms with Gasteiger partial charge < -0.3 is 10.2 Å². The normalized spacial score (nSPS) is 10.4. The first-order valence-corrected chi connectivity index (χ1v) is 23.3. The summed E-state index contributed by atoms with van der Waals surface area (Å²) >= 11 is 0. The van der Waals surface area contributed by atoms with E-state index in [1.54, 1.807) is 0 Å². The number of para-hydroxylation sites is 2. The fraction of sp³-hybridized carbons (Fsp3) is 0.489. The summed E-state index contributed by atoms with van der Waals surface area (Å²) < 4.78 is 0. The van der Waals surface area contributed by atoms with Crippen LogP contribution in [0.1, 0.15) is 168 Å². The maximum Gasteiger partial charge on any atom is 0.273 e. The highest BCUT2D eigenvalue weighted by molar-refractivity contribution is 6.02. The lowest BCUT2D eigenvalue weighted by Gasteiger charge is -2.10. The third-order valence-corrected chi connectivity index (χ3v) is 9.83. The number of hydrogen-bond donors (Lipinski definition) is 14. The molecule has 22 nitrogen and oxygen atoms in total. The second kappa shape index (κ2) is 42.5. The van der Waals surface area contributed by atoms with Crippen molar-refractivity contribution >= 4 is 47.3 Å². The number of phenolic OH excluding ortho intramolecular Hbond substituents is 2. The fourth-order valence-electron chi connectivity index (χ4n) is 5.99. The van der Waals surface area contributed by atoms with Crippen molar-refractivity contribution < 1.29 is 48.6 Å². The van der Waals surface area contributed by atoms with Gasteiger partial charge in [0.05, 0.1) is 11.1 Å². The first-order valence-electron chi connectivity index (χ1n) is 23.3. The van der Waals surface area contributed by atoms with Crippen molar-refractivity contribution in [2.75, 3.05) is 0 Å². The standard InChI is InChI=1S/C20H38N4O2.C17H16N4O6.C10H22N4O2/c21-23-19(25)17-15-13-11-9-7-5-3-1-2-4-6-8-10-12-14-16-18-20(26)24-22;22-12-7-3-1-5-10(12)16(26)20-18-14(24)9-15(25)19-21-17(27)11-6-2-4-8-13(11)23;11-13-9(15)7-5-3-1-2-4-6-8-10(16)14-12/h3-6H,1-2,7-18,21-22H2,(H,23,25)(H,24,26);1-8,22-23H,9H2,(H,18,24)(H,19,25)(H,20,26)(H,21,27);1-8,11-12H2,(H,13,15)(H,14,16)/b5-3+,6-4+;;. The molecular weight excluding hydrogens is 893 g/mol. The number of hydrogen-bond acceptors (Lipinski definition) is 14. The zero-order valence-corrected chi connectivity index (χ0v) is 39.7. The van der Waals surface area contributed by atoms with E-state index in [2.05, 4.69) is 46.0 Å². The minimum Gasteiger partial charge on any atom is -0.507 e. The Bertz CT molecular complexity index is 1750. The Morgan fingerprint density at radius 3 is 0.942 bits per heavy atom. The van der Waals surface area contributed by atoms with Gasteiger partial charge in [-0.1, -0.05) is 99.9 Å². The number of hydrazine groups is 6. The second-order valence-corrected chi connectivity index (χ2v) is 15.5. The lowest BCUT2D eigenvalue weighted by Crippen LogP contribution is -2.46. The average molecular weight is 969 g/mol. The van der Waals surface area contributed by atoms with Gasteiger partial charge in [0.1, 0.15) is 17.9 Å². The summed E-state index contributed by atoms with van der Waals surface area (Å²) in [6, 6.07) is 11.4. The molecule has 22 heteroatoms. The largest absolute Gasteiger partial charge is 0.507 e. The predicted molar refractivity (Wildman–Crippen MR) is 261 cm³/mol. The molecule has 384 valence electrons. The van der Waals surface area contributed by atoms with Crippen molar-refractivity contribution in [3.8, 4) is 11.5 Å². The highest BCUT2D eigenvalue weighted by atomic mass is 16.3. The Balaban J connectivity index is 0.00000104. The highest BCUT2D eigenvalue weighted by Crippen LogP contribution is 2.16. The van der Waals surface area contributed by atoms with Crippen LogP contribution in [0.15, 0.2) is 72.8 Å². The molecule has 0 saturated carbocycles. The summed E-state index contributed by atoms with van der Waals surface area (Å²) in [4.78, 5) is 90.3. The van der Waals surface area contributed by atoms with Gasteiger partial charge in [0.15, 0.2) is 0 Å². The van der Waals surface area contributed by atoms with Gasteiger partial charge in [-0.15, -0.1) is 0 Å². The van der Waals surface area contributed by atoms with Crippen molar-refractivity contribution in [3.63, 3.8) is 0 Å². The minimum absolute atomic E-state index is 0.0582. The maximum atomic E-state index is 11.8. The van der Waals surface area contributed by atoms with Gasteiger partial charge in [-0.05, 0) is 88.5 Å². The van der Waals surface area contributed by atoms with E-state index < -0.39 is 30.0 Å². The van der Waals surface area contributed by atoms with Crippen LogP contribution in [0.25, 0.3) is 0 Å². The van der Waals surface area contributed by atoms with Crippen molar-refractivity contribution in [1.82, 2.24) is 43.4 Å². The SMILES string of the molecule is NNC(=O)CCCCCC/C=C/CC/C=C/CCCCCCC(=O)NN.NNC(=O)CCCCCCCCC(=O)NN.O=C(CC(=O)NNC(=O)c1ccccc1O)NNC(=O)c1ccccc1O. The molecule has 0 unspecified atom stereocenters. The fourth-order valence-corrected chi connectivity index (χ4v) is 5.99. The summed E-state index contributed by atoms with van der Waals surface area (Å²) in [5.41, 5.74) is 16.5. The number of carbonyl (C=O) groups is 8. The molecule has 0 radical (unpaired) electrons. The summed E-state index contributed by atoms with van der Waals surface area (Å²) in [7, 11) is 0. The molecule has 18 N–H and O–H groups in total. The van der Waals surface area contributed by atoms with Crippen LogP contribution in [0, 0.1) is 0 Å². The first kappa shape index (κ1) is 62.1. The van der Waals surface area contributed by atoms with Gasteiger partial charge in [-0.25, -0.2) is 23.4 Å². The van der Waals surface area contributed by atoms with E-state index in [9.17, 15) is 48.6 Å². The lowest BCUT2D eigenvalue weighted by atomic mass is 10.1. The molecule has 8 amide bonds. The molecule has 0 aromatic heterocycles. The van der Waals surface area contributed by atoms with Crippen LogP contribution in [0.5, 0.6) is 11.5 Å². The molecule has 0 aliphatic heterocycles. The van der Waals surface area contributed by atoms with Crippen LogP contribution >= 0.6 is 0 Å². The number of allylic oxidation sites excluding steroid dienone is 4. The Labute approximate surface area is 404 Å². The summed E-state index contributed by atoms with van der Waals surface area (Å²) in [5, 5.41) is 19.1. The van der Waals surface area contributed by atoms with Crippen LogP contribution in [0.2, 0.25) is 0 Å². The van der Waals surface area contributed by atoms with E-state index >= 15 is 0 Å². The van der Waals surface area contributed by atoms with Crippen molar-refractivity contribution in [3.05, 3.63) is 84.0 Å². The third-order valence-electron chi connectivity index (χ3n) is 9.83. The molecule has 2 aromatic rings. The van der Waals surface area contributed by atoms with Gasteiger partial charge >= 0.3 is 0 Å². The van der Waals surface area contributed by atoms with E-state index in [1.165, 1.54) is 74.2 Å². The van der Waals surface area contributed by atoms with E-state index in [0.717, 1.165) is 89.9 Å². The van der Waals surface area contributed by atoms with Gasteiger partial charge in [-0.2, -0.15) is 0 Å². The van der Waals surface area contributed by atoms with Crippen LogP contribution < -0.4 is 66.8 Å². The molecule has 69 heavy (non-hydrogen) atoms. The zero-order chi connectivity index (χ0) is 51.3. The number of phenols is 2. The summed E-state index contributed by atoms with van der Waals surface area (Å²) in [6.45, 7) is 0.